The quantitative estimate of drug-likeness (QED) is 0.638. The van der Waals surface area contributed by atoms with Crippen LogP contribution in [0.5, 0.6) is 0 Å². The van der Waals surface area contributed by atoms with Crippen LogP contribution in [0, 0.1) is 5.92 Å². The Morgan fingerprint density at radius 2 is 1.84 bits per heavy atom. The first-order valence-electron chi connectivity index (χ1n) is 6.57. The summed E-state index contributed by atoms with van der Waals surface area (Å²) in [6, 6.07) is 6.48. The van der Waals surface area contributed by atoms with Gasteiger partial charge in [0.2, 0.25) is 10.0 Å². The standard InChI is InChI=1S/C13H21N3O2S/c1-16(10-11-4-2-3-5-11)19(17,18)13-8-6-12(15-14)7-9-13/h6-9,11,15H,2-5,10,14H2,1H3. The van der Waals surface area contributed by atoms with E-state index in [1.54, 1.807) is 31.3 Å². The van der Waals surface area contributed by atoms with Crippen molar-refractivity contribution in [2.45, 2.75) is 30.6 Å². The third-order valence-electron chi connectivity index (χ3n) is 3.72. The van der Waals surface area contributed by atoms with Crippen molar-refractivity contribution in [3.05, 3.63) is 24.3 Å². The van der Waals surface area contributed by atoms with Crippen LogP contribution in [0.1, 0.15) is 25.7 Å². The molecule has 0 aromatic heterocycles. The van der Waals surface area contributed by atoms with Gasteiger partial charge in [0.15, 0.2) is 0 Å². The maximum atomic E-state index is 12.4. The van der Waals surface area contributed by atoms with Crippen molar-refractivity contribution < 1.29 is 8.42 Å². The number of anilines is 1. The van der Waals surface area contributed by atoms with Gasteiger partial charge in [-0.1, -0.05) is 12.8 Å². The Morgan fingerprint density at radius 3 is 2.37 bits per heavy atom. The summed E-state index contributed by atoms with van der Waals surface area (Å²) in [4.78, 5) is 0.312. The molecule has 5 nitrogen and oxygen atoms in total. The average Bonchev–Trinajstić information content (AvgIpc) is 2.91. The van der Waals surface area contributed by atoms with Crippen LogP contribution < -0.4 is 11.3 Å². The maximum absolute atomic E-state index is 12.4. The molecule has 0 unspecified atom stereocenters. The monoisotopic (exact) mass is 283 g/mol. The summed E-state index contributed by atoms with van der Waals surface area (Å²) in [5.74, 6) is 5.77. The van der Waals surface area contributed by atoms with Crippen LogP contribution in [0.25, 0.3) is 0 Å². The van der Waals surface area contributed by atoms with E-state index in [1.807, 2.05) is 0 Å². The summed E-state index contributed by atoms with van der Waals surface area (Å²) < 4.78 is 26.3. The van der Waals surface area contributed by atoms with Crippen LogP contribution in [0.4, 0.5) is 5.69 Å². The molecule has 0 atom stereocenters. The van der Waals surface area contributed by atoms with Crippen LogP contribution >= 0.6 is 0 Å². The highest BCUT2D eigenvalue weighted by atomic mass is 32.2. The number of hydrogen-bond acceptors (Lipinski definition) is 4. The van der Waals surface area contributed by atoms with Crippen molar-refractivity contribution in [2.24, 2.45) is 11.8 Å². The minimum Gasteiger partial charge on any atom is -0.324 e. The molecule has 1 fully saturated rings. The molecule has 106 valence electrons. The number of sulfonamides is 1. The fourth-order valence-corrected chi connectivity index (χ4v) is 3.80. The van der Waals surface area contributed by atoms with Gasteiger partial charge in [-0.15, -0.1) is 0 Å². The highest BCUT2D eigenvalue weighted by Crippen LogP contribution is 2.27. The fourth-order valence-electron chi connectivity index (χ4n) is 2.56. The molecule has 1 aromatic rings. The third kappa shape index (κ3) is 3.26. The molecule has 1 aliphatic carbocycles. The summed E-state index contributed by atoms with van der Waals surface area (Å²) >= 11 is 0. The van der Waals surface area contributed by atoms with E-state index in [1.165, 1.54) is 17.1 Å². The second-order valence-electron chi connectivity index (χ2n) is 5.10. The van der Waals surface area contributed by atoms with Gasteiger partial charge < -0.3 is 5.43 Å². The Labute approximate surface area is 114 Å². The van der Waals surface area contributed by atoms with E-state index in [0.717, 1.165) is 12.8 Å². The number of nitrogen functional groups attached to an aromatic ring is 1. The number of nitrogens with two attached hydrogens (primary N) is 1. The highest BCUT2D eigenvalue weighted by molar-refractivity contribution is 7.89. The maximum Gasteiger partial charge on any atom is 0.242 e. The number of rotatable bonds is 5. The summed E-state index contributed by atoms with van der Waals surface area (Å²) in [6.07, 6.45) is 4.70. The molecular weight excluding hydrogens is 262 g/mol. The van der Waals surface area contributed by atoms with Gasteiger partial charge in [0, 0.05) is 19.3 Å². The van der Waals surface area contributed by atoms with E-state index in [9.17, 15) is 8.42 Å². The molecule has 0 amide bonds. The lowest BCUT2D eigenvalue weighted by Crippen LogP contribution is -2.31. The second-order valence-corrected chi connectivity index (χ2v) is 7.15. The van der Waals surface area contributed by atoms with E-state index in [2.05, 4.69) is 5.43 Å². The summed E-state index contributed by atoms with van der Waals surface area (Å²) in [7, 11) is -1.73. The predicted molar refractivity (Wildman–Crippen MR) is 76.0 cm³/mol. The van der Waals surface area contributed by atoms with Gasteiger partial charge in [-0.3, -0.25) is 5.84 Å². The van der Waals surface area contributed by atoms with Crippen LogP contribution in [0.3, 0.4) is 0 Å². The Kier molecular flexibility index (Phi) is 4.44. The molecule has 0 spiro atoms. The molecule has 1 aromatic carbocycles. The highest BCUT2D eigenvalue weighted by Gasteiger charge is 2.25. The SMILES string of the molecule is CN(CC1CCCC1)S(=O)(=O)c1ccc(NN)cc1. The third-order valence-corrected chi connectivity index (χ3v) is 5.56. The van der Waals surface area contributed by atoms with Gasteiger partial charge >= 0.3 is 0 Å². The van der Waals surface area contributed by atoms with Crippen molar-refractivity contribution in [2.75, 3.05) is 19.0 Å². The molecule has 1 aliphatic rings. The zero-order valence-electron chi connectivity index (χ0n) is 11.2. The van der Waals surface area contributed by atoms with E-state index in [0.29, 0.717) is 23.0 Å². The minimum atomic E-state index is -3.39. The lowest BCUT2D eigenvalue weighted by Gasteiger charge is -2.20. The van der Waals surface area contributed by atoms with Crippen molar-refractivity contribution >= 4 is 15.7 Å². The molecule has 0 saturated heterocycles. The average molecular weight is 283 g/mol. The largest absolute Gasteiger partial charge is 0.324 e. The number of nitrogens with zero attached hydrogens (tertiary/aromatic N) is 1. The molecule has 2 rings (SSSR count). The lowest BCUT2D eigenvalue weighted by molar-refractivity contribution is 0.387. The fraction of sp³-hybridized carbons (Fsp3) is 0.538. The molecule has 19 heavy (non-hydrogen) atoms. The van der Waals surface area contributed by atoms with Gasteiger partial charge in [-0.05, 0) is 43.0 Å². The molecule has 0 aliphatic heterocycles. The smallest absolute Gasteiger partial charge is 0.242 e. The first-order chi connectivity index (χ1) is 9.04. The van der Waals surface area contributed by atoms with Gasteiger partial charge in [-0.2, -0.15) is 0 Å². The summed E-state index contributed by atoms with van der Waals surface area (Å²) in [6.45, 7) is 0.610. The minimum absolute atomic E-state index is 0.312. The Morgan fingerprint density at radius 1 is 1.26 bits per heavy atom. The molecule has 0 heterocycles. The number of hydrazine groups is 1. The van der Waals surface area contributed by atoms with Crippen LogP contribution in [0.2, 0.25) is 0 Å². The Bertz CT molecular complexity index is 507. The normalized spacial score (nSPS) is 17.0. The van der Waals surface area contributed by atoms with E-state index >= 15 is 0 Å². The Balaban J connectivity index is 2.10. The van der Waals surface area contributed by atoms with E-state index in [-0.39, 0.29) is 0 Å². The number of benzene rings is 1. The summed E-state index contributed by atoms with van der Waals surface area (Å²) in [5.41, 5.74) is 3.18. The molecule has 1 saturated carbocycles. The molecule has 0 bridgehead atoms. The van der Waals surface area contributed by atoms with Crippen molar-refractivity contribution in [1.29, 1.82) is 0 Å². The molecular formula is C13H21N3O2S. The van der Waals surface area contributed by atoms with Crippen LogP contribution in [0.15, 0.2) is 29.2 Å². The lowest BCUT2D eigenvalue weighted by atomic mass is 10.1. The van der Waals surface area contributed by atoms with E-state index < -0.39 is 10.0 Å². The summed E-state index contributed by atoms with van der Waals surface area (Å²) in [5, 5.41) is 0. The second kappa shape index (κ2) is 5.90. The van der Waals surface area contributed by atoms with Gasteiger partial charge in [0.25, 0.3) is 0 Å². The van der Waals surface area contributed by atoms with Crippen molar-refractivity contribution in [1.82, 2.24) is 4.31 Å². The zero-order valence-corrected chi connectivity index (χ0v) is 12.0. The van der Waals surface area contributed by atoms with Crippen LogP contribution in [-0.4, -0.2) is 26.3 Å². The van der Waals surface area contributed by atoms with Gasteiger partial charge in [0.1, 0.15) is 0 Å². The first-order valence-corrected chi connectivity index (χ1v) is 8.01. The van der Waals surface area contributed by atoms with Crippen LogP contribution in [-0.2, 0) is 10.0 Å². The molecule has 3 N–H and O–H groups in total. The molecule has 6 heteroatoms. The van der Waals surface area contributed by atoms with E-state index in [4.69, 9.17) is 5.84 Å². The molecule has 0 radical (unpaired) electrons. The zero-order chi connectivity index (χ0) is 13.9. The van der Waals surface area contributed by atoms with Gasteiger partial charge in [0.05, 0.1) is 4.90 Å². The first kappa shape index (κ1) is 14.3. The van der Waals surface area contributed by atoms with Crippen molar-refractivity contribution in [3.63, 3.8) is 0 Å². The Hall–Kier alpha value is -1.11. The van der Waals surface area contributed by atoms with Gasteiger partial charge in [-0.25, -0.2) is 12.7 Å². The number of nitrogens with one attached hydrogen (secondary N) is 1. The van der Waals surface area contributed by atoms with Crippen molar-refractivity contribution in [3.8, 4) is 0 Å². The number of hydrogen-bond donors (Lipinski definition) is 2. The predicted octanol–water partition coefficient (Wildman–Crippen LogP) is 1.78. The topological polar surface area (TPSA) is 75.4 Å².